The van der Waals surface area contributed by atoms with E-state index in [-0.39, 0.29) is 22.6 Å². The molecule has 33 heavy (non-hydrogen) atoms. The molecule has 0 spiro atoms. The number of hydrogen-bond acceptors (Lipinski definition) is 5. The summed E-state index contributed by atoms with van der Waals surface area (Å²) in [6.45, 7) is 6.00. The van der Waals surface area contributed by atoms with Crippen molar-refractivity contribution in [3.8, 4) is 0 Å². The number of halogens is 3. The second kappa shape index (κ2) is 11.9. The number of anilines is 1. The first-order chi connectivity index (χ1) is 15.8. The quantitative estimate of drug-likeness (QED) is 0.186. The van der Waals surface area contributed by atoms with Crippen LogP contribution >= 0.6 is 57.6 Å². The first kappa shape index (κ1) is 25.5. The molecular weight excluding hydrogens is 596 g/mol. The summed E-state index contributed by atoms with van der Waals surface area (Å²) in [5, 5.41) is 15.4. The number of nitrogens with one attached hydrogen (secondary N) is 2. The first-order valence-electron chi connectivity index (χ1n) is 9.76. The smallest absolute Gasteiger partial charge is 0.253 e. The highest BCUT2D eigenvalue weighted by atomic mass is 127. The molecule has 3 rings (SSSR count). The molecule has 0 bridgehead atoms. The minimum atomic E-state index is -0.466. The molecule has 7 nitrogen and oxygen atoms in total. The van der Waals surface area contributed by atoms with Gasteiger partial charge >= 0.3 is 0 Å². The van der Waals surface area contributed by atoms with Crippen LogP contribution in [0.15, 0.2) is 60.3 Å². The molecule has 0 aliphatic carbocycles. The zero-order chi connectivity index (χ0) is 24.0. The molecule has 11 heteroatoms. The molecule has 0 fully saturated rings. The van der Waals surface area contributed by atoms with E-state index in [2.05, 4.69) is 50.0 Å². The molecule has 1 heterocycles. The van der Waals surface area contributed by atoms with Crippen molar-refractivity contribution in [1.29, 1.82) is 0 Å². The lowest BCUT2D eigenvalue weighted by Crippen LogP contribution is -2.29. The maximum Gasteiger partial charge on any atom is 0.253 e. The molecule has 0 unspecified atom stereocenters. The fraction of sp³-hybridized carbons (Fsp3) is 0.182. The van der Waals surface area contributed by atoms with Crippen LogP contribution in [0.5, 0.6) is 0 Å². The highest BCUT2D eigenvalue weighted by molar-refractivity contribution is 14.1. The largest absolute Gasteiger partial charge is 0.342 e. The molecular formula is C22H20Cl2IN5O2S. The number of benzene rings is 2. The van der Waals surface area contributed by atoms with E-state index in [9.17, 15) is 9.59 Å². The van der Waals surface area contributed by atoms with Gasteiger partial charge < -0.3 is 15.2 Å². The number of aromatic nitrogens is 3. The summed E-state index contributed by atoms with van der Waals surface area (Å²) in [6, 6.07) is 11.7. The molecule has 0 aliphatic heterocycles. The molecule has 2 aromatic carbocycles. The van der Waals surface area contributed by atoms with Crippen molar-refractivity contribution >= 4 is 75.1 Å². The van der Waals surface area contributed by atoms with Gasteiger partial charge in [-0.05, 0) is 72.0 Å². The lowest BCUT2D eigenvalue weighted by atomic mass is 10.2. The lowest BCUT2D eigenvalue weighted by molar-refractivity contribution is -0.113. The van der Waals surface area contributed by atoms with E-state index < -0.39 is 6.04 Å². The summed E-state index contributed by atoms with van der Waals surface area (Å²) in [7, 11) is 0. The molecule has 1 atom stereocenters. The Balaban J connectivity index is 1.67. The topological polar surface area (TPSA) is 88.9 Å². The van der Waals surface area contributed by atoms with Gasteiger partial charge in [-0.15, -0.1) is 16.8 Å². The van der Waals surface area contributed by atoms with Gasteiger partial charge in [0.1, 0.15) is 0 Å². The van der Waals surface area contributed by atoms with Gasteiger partial charge in [-0.2, -0.15) is 0 Å². The normalized spacial score (nSPS) is 11.6. The number of thioether (sulfide) groups is 1. The Hall–Kier alpha value is -2.08. The van der Waals surface area contributed by atoms with Gasteiger partial charge in [-0.3, -0.25) is 9.59 Å². The monoisotopic (exact) mass is 615 g/mol. The Morgan fingerprint density at radius 3 is 2.61 bits per heavy atom. The molecule has 0 saturated carbocycles. The van der Waals surface area contributed by atoms with Gasteiger partial charge in [0.2, 0.25) is 5.91 Å². The van der Waals surface area contributed by atoms with Crippen LogP contribution in [-0.4, -0.2) is 32.3 Å². The molecule has 1 aromatic heterocycles. The Bertz CT molecular complexity index is 1170. The summed E-state index contributed by atoms with van der Waals surface area (Å²) >= 11 is 15.5. The van der Waals surface area contributed by atoms with Gasteiger partial charge in [0.15, 0.2) is 11.0 Å². The van der Waals surface area contributed by atoms with Crippen molar-refractivity contribution in [3.05, 3.63) is 80.1 Å². The van der Waals surface area contributed by atoms with Crippen LogP contribution < -0.4 is 10.6 Å². The van der Waals surface area contributed by atoms with Gasteiger partial charge in [0.25, 0.3) is 5.91 Å². The van der Waals surface area contributed by atoms with Crippen LogP contribution in [0.3, 0.4) is 0 Å². The van der Waals surface area contributed by atoms with E-state index in [0.29, 0.717) is 28.1 Å². The molecule has 2 N–H and O–H groups in total. The van der Waals surface area contributed by atoms with Crippen molar-refractivity contribution in [3.63, 3.8) is 0 Å². The predicted molar refractivity (Wildman–Crippen MR) is 141 cm³/mol. The Kier molecular flexibility index (Phi) is 9.19. The highest BCUT2D eigenvalue weighted by Gasteiger charge is 2.21. The number of nitrogens with zero attached hydrogens (tertiary/aromatic N) is 3. The van der Waals surface area contributed by atoms with Crippen LogP contribution in [0.1, 0.15) is 29.1 Å². The van der Waals surface area contributed by atoms with Gasteiger partial charge in [-0.25, -0.2) is 0 Å². The second-order valence-electron chi connectivity index (χ2n) is 6.90. The van der Waals surface area contributed by atoms with Crippen molar-refractivity contribution in [2.24, 2.45) is 0 Å². The Labute approximate surface area is 219 Å². The number of hydrogen-bond donors (Lipinski definition) is 2. The third-order valence-electron chi connectivity index (χ3n) is 4.43. The maximum atomic E-state index is 12.7. The Morgan fingerprint density at radius 1 is 1.21 bits per heavy atom. The second-order valence-corrected chi connectivity index (χ2v) is 9.93. The van der Waals surface area contributed by atoms with Crippen LogP contribution in [0.2, 0.25) is 10.0 Å². The summed E-state index contributed by atoms with van der Waals surface area (Å²) in [6.07, 6.45) is 1.70. The van der Waals surface area contributed by atoms with Crippen molar-refractivity contribution in [1.82, 2.24) is 20.1 Å². The predicted octanol–water partition coefficient (Wildman–Crippen LogP) is 5.60. The van der Waals surface area contributed by atoms with Crippen LogP contribution in [0.25, 0.3) is 0 Å². The molecule has 172 valence electrons. The lowest BCUT2D eigenvalue weighted by Gasteiger charge is -2.16. The van der Waals surface area contributed by atoms with Gasteiger partial charge in [0, 0.05) is 20.8 Å². The van der Waals surface area contributed by atoms with E-state index in [4.69, 9.17) is 23.2 Å². The van der Waals surface area contributed by atoms with E-state index in [1.165, 1.54) is 17.8 Å². The van der Waals surface area contributed by atoms with Crippen molar-refractivity contribution < 1.29 is 9.59 Å². The third kappa shape index (κ3) is 6.95. The summed E-state index contributed by atoms with van der Waals surface area (Å²) in [5.74, 6) is 0.175. The number of allylic oxidation sites excluding steroid dienone is 1. The van der Waals surface area contributed by atoms with Crippen LogP contribution in [0.4, 0.5) is 5.69 Å². The highest BCUT2D eigenvalue weighted by Crippen LogP contribution is 2.24. The zero-order valence-corrected chi connectivity index (χ0v) is 22.0. The van der Waals surface area contributed by atoms with Gasteiger partial charge in [0.05, 0.1) is 22.4 Å². The summed E-state index contributed by atoms with van der Waals surface area (Å²) < 4.78 is 2.90. The van der Waals surface area contributed by atoms with Crippen molar-refractivity contribution in [2.45, 2.75) is 24.7 Å². The zero-order valence-electron chi connectivity index (χ0n) is 17.5. The fourth-order valence-electron chi connectivity index (χ4n) is 2.90. The van der Waals surface area contributed by atoms with Gasteiger partial charge in [-0.1, -0.05) is 41.0 Å². The summed E-state index contributed by atoms with van der Waals surface area (Å²) in [4.78, 5) is 25.0. The SMILES string of the molecule is C=CCn1c(SCC(=O)Nc2ccc(I)cc2)nnc1[C@H](C)NC(=O)c1ccc(Cl)cc1Cl. The van der Waals surface area contributed by atoms with Crippen LogP contribution in [0, 0.1) is 3.57 Å². The molecule has 2 amide bonds. The minimum Gasteiger partial charge on any atom is -0.342 e. The number of rotatable bonds is 9. The Morgan fingerprint density at radius 2 is 1.94 bits per heavy atom. The maximum absolute atomic E-state index is 12.7. The van der Waals surface area contributed by atoms with Crippen LogP contribution in [-0.2, 0) is 11.3 Å². The number of amides is 2. The standard InChI is InChI=1S/C22H20Cl2IN5O2S/c1-3-10-30-20(13(2)26-21(32)17-9-4-14(23)11-18(17)24)28-29-22(30)33-12-19(31)27-16-7-5-15(25)6-8-16/h3-9,11,13H,1,10,12H2,2H3,(H,26,32)(H,27,31)/t13-/m0/s1. The molecule has 0 aliphatic rings. The number of carbonyl (C=O) groups excluding carboxylic acids is 2. The summed E-state index contributed by atoms with van der Waals surface area (Å²) in [5.41, 5.74) is 1.04. The molecule has 3 aromatic rings. The third-order valence-corrected chi connectivity index (χ3v) is 6.66. The van der Waals surface area contributed by atoms with E-state index >= 15 is 0 Å². The average Bonchev–Trinajstić information content (AvgIpc) is 3.17. The van der Waals surface area contributed by atoms with E-state index in [1.807, 2.05) is 28.8 Å². The van der Waals surface area contributed by atoms with E-state index in [0.717, 1.165) is 9.26 Å². The number of carbonyl (C=O) groups is 2. The first-order valence-corrected chi connectivity index (χ1v) is 12.6. The molecule has 0 radical (unpaired) electrons. The fourth-order valence-corrected chi connectivity index (χ4v) is 4.51. The molecule has 0 saturated heterocycles. The van der Waals surface area contributed by atoms with Crippen molar-refractivity contribution in [2.75, 3.05) is 11.1 Å². The minimum absolute atomic E-state index is 0.155. The average molecular weight is 616 g/mol. The van der Waals surface area contributed by atoms with E-state index in [1.54, 1.807) is 25.1 Å².